The predicted molar refractivity (Wildman–Crippen MR) is 142 cm³/mol. The highest BCUT2D eigenvalue weighted by molar-refractivity contribution is 7.94. The summed E-state index contributed by atoms with van der Waals surface area (Å²) < 4.78 is 55.6. The number of fused-ring (bicyclic) bond motifs is 3. The first kappa shape index (κ1) is 26.3. The predicted octanol–water partition coefficient (Wildman–Crippen LogP) is 5.34. The van der Waals surface area contributed by atoms with Gasteiger partial charge >= 0.3 is 20.8 Å². The van der Waals surface area contributed by atoms with Crippen molar-refractivity contribution in [3.8, 4) is 22.3 Å². The van der Waals surface area contributed by atoms with Crippen molar-refractivity contribution in [2.24, 2.45) is 0 Å². The highest BCUT2D eigenvalue weighted by atomic mass is 32.3. The van der Waals surface area contributed by atoms with Gasteiger partial charge in [-0.05, 0) is 48.2 Å². The third-order valence-electron chi connectivity index (χ3n) is 5.36. The second-order valence-electron chi connectivity index (χ2n) is 8.14. The van der Waals surface area contributed by atoms with Gasteiger partial charge in [0.1, 0.15) is 0 Å². The van der Waals surface area contributed by atoms with Crippen molar-refractivity contribution in [1.29, 1.82) is 0 Å². The van der Waals surface area contributed by atoms with Crippen LogP contribution in [0.1, 0.15) is 11.4 Å². The quantitative estimate of drug-likeness (QED) is 0.229. The van der Waals surface area contributed by atoms with E-state index >= 15 is 0 Å². The van der Waals surface area contributed by atoms with Crippen molar-refractivity contribution in [1.82, 2.24) is 9.97 Å². The molecule has 2 N–H and O–H groups in total. The van der Waals surface area contributed by atoms with Gasteiger partial charge in [0.25, 0.3) is 0 Å². The van der Waals surface area contributed by atoms with Crippen molar-refractivity contribution in [2.45, 2.75) is 13.8 Å². The summed E-state index contributed by atoms with van der Waals surface area (Å²) >= 11 is 0. The van der Waals surface area contributed by atoms with Gasteiger partial charge in [-0.25, -0.2) is 0 Å². The summed E-state index contributed by atoms with van der Waals surface area (Å²) in [6.07, 6.45) is 0. The van der Waals surface area contributed by atoms with E-state index in [2.05, 4.69) is 90.3 Å². The van der Waals surface area contributed by atoms with Gasteiger partial charge in [-0.1, -0.05) is 72.8 Å². The van der Waals surface area contributed by atoms with E-state index in [1.54, 1.807) is 0 Å². The van der Waals surface area contributed by atoms with Gasteiger partial charge in [-0.3, -0.25) is 19.1 Å². The largest absolute Gasteiger partial charge is 0.413 e. The first-order valence-electron chi connectivity index (χ1n) is 10.9. The molecule has 5 rings (SSSR count). The van der Waals surface area contributed by atoms with Crippen LogP contribution in [0.5, 0.6) is 0 Å². The maximum atomic E-state index is 9.44. The third kappa shape index (κ3) is 6.53. The van der Waals surface area contributed by atoms with Gasteiger partial charge in [0, 0.05) is 22.2 Å². The fourth-order valence-corrected chi connectivity index (χ4v) is 4.92. The number of pyridine rings is 2. The van der Waals surface area contributed by atoms with Crippen LogP contribution in [0.4, 0.5) is 0 Å². The molecule has 11 heteroatoms. The third-order valence-corrected chi connectivity index (χ3v) is 6.73. The molecular formula is C26H22N2O7S2. The Balaban J connectivity index is 0.000000307. The Morgan fingerprint density at radius 2 is 0.946 bits per heavy atom. The minimum absolute atomic E-state index is 0.970. The zero-order valence-corrected chi connectivity index (χ0v) is 21.4. The van der Waals surface area contributed by atoms with E-state index in [1.165, 1.54) is 22.3 Å². The summed E-state index contributed by atoms with van der Waals surface area (Å²) in [4.78, 5) is 9.81. The van der Waals surface area contributed by atoms with Crippen LogP contribution in [0.3, 0.4) is 0 Å². The van der Waals surface area contributed by atoms with Gasteiger partial charge in [-0.2, -0.15) is 16.8 Å². The summed E-state index contributed by atoms with van der Waals surface area (Å²) in [5, 5.41) is 2.28. The van der Waals surface area contributed by atoms with Crippen LogP contribution in [0.2, 0.25) is 0 Å². The highest BCUT2D eigenvalue weighted by Gasteiger charge is 2.16. The molecule has 0 fully saturated rings. The number of nitrogens with zero attached hydrogens (tertiary/aromatic N) is 2. The van der Waals surface area contributed by atoms with Gasteiger partial charge in [-0.15, -0.1) is 3.63 Å². The van der Waals surface area contributed by atoms with Crippen LogP contribution in [0.15, 0.2) is 84.9 Å². The molecule has 0 unspecified atom stereocenters. The maximum Gasteiger partial charge on any atom is 0.413 e. The van der Waals surface area contributed by atoms with E-state index in [1.807, 2.05) is 12.1 Å². The summed E-state index contributed by atoms with van der Waals surface area (Å²) in [5.74, 6) is 0. The van der Waals surface area contributed by atoms with E-state index in [0.717, 1.165) is 33.2 Å². The first-order chi connectivity index (χ1) is 17.4. The lowest BCUT2D eigenvalue weighted by Gasteiger charge is -2.13. The van der Waals surface area contributed by atoms with Crippen LogP contribution in [-0.2, 0) is 24.4 Å². The molecule has 9 nitrogen and oxygen atoms in total. The molecule has 0 atom stereocenters. The average molecular weight is 539 g/mol. The molecule has 0 aliphatic rings. The number of hydrogen-bond donors (Lipinski definition) is 2. The lowest BCUT2D eigenvalue weighted by molar-refractivity contribution is 0.344. The van der Waals surface area contributed by atoms with Crippen molar-refractivity contribution < 1.29 is 29.6 Å². The normalized spacial score (nSPS) is 11.8. The molecule has 2 heterocycles. The second kappa shape index (κ2) is 10.3. The highest BCUT2D eigenvalue weighted by Crippen LogP contribution is 2.36. The first-order valence-corrected chi connectivity index (χ1v) is 13.6. The van der Waals surface area contributed by atoms with Gasteiger partial charge in [0.15, 0.2) is 0 Å². The molecule has 0 aliphatic heterocycles. The van der Waals surface area contributed by atoms with Crippen molar-refractivity contribution in [2.75, 3.05) is 0 Å². The number of hydrogen-bond acceptors (Lipinski definition) is 7. The van der Waals surface area contributed by atoms with Gasteiger partial charge in [0.2, 0.25) is 0 Å². The molecule has 0 saturated heterocycles. The minimum Gasteiger partial charge on any atom is -0.263 e. The second-order valence-corrected chi connectivity index (χ2v) is 10.4. The average Bonchev–Trinajstić information content (AvgIpc) is 2.82. The fraction of sp³-hybridized carbons (Fsp3) is 0.0769. The summed E-state index contributed by atoms with van der Waals surface area (Å²) in [6.45, 7) is 4.11. The van der Waals surface area contributed by atoms with Crippen molar-refractivity contribution in [3.05, 3.63) is 96.3 Å². The Morgan fingerprint density at radius 3 is 1.24 bits per heavy atom. The lowest BCUT2D eigenvalue weighted by atomic mass is 9.95. The number of rotatable bonds is 4. The number of aromatic nitrogens is 2. The Kier molecular flexibility index (Phi) is 7.35. The topological polar surface area (TPSA) is 144 Å². The monoisotopic (exact) mass is 538 g/mol. The van der Waals surface area contributed by atoms with Crippen LogP contribution < -0.4 is 0 Å². The van der Waals surface area contributed by atoms with Crippen molar-refractivity contribution in [3.63, 3.8) is 0 Å². The van der Waals surface area contributed by atoms with Crippen LogP contribution in [0.25, 0.3) is 44.1 Å². The molecule has 2 aromatic heterocycles. The van der Waals surface area contributed by atoms with Gasteiger partial charge in [0.05, 0.1) is 11.0 Å². The Hall–Kier alpha value is -3.74. The molecule has 0 saturated carbocycles. The van der Waals surface area contributed by atoms with Gasteiger partial charge < -0.3 is 0 Å². The van der Waals surface area contributed by atoms with E-state index < -0.39 is 20.8 Å². The molecule has 5 aromatic rings. The van der Waals surface area contributed by atoms with Crippen LogP contribution in [0, 0.1) is 13.8 Å². The lowest BCUT2D eigenvalue weighted by Crippen LogP contribution is -2.10. The fourth-order valence-electron chi connectivity index (χ4n) is 4.05. The molecule has 0 aliphatic carbocycles. The Bertz CT molecular complexity index is 1670. The van der Waals surface area contributed by atoms with Crippen LogP contribution >= 0.6 is 0 Å². The summed E-state index contributed by atoms with van der Waals surface area (Å²) in [7, 11) is -10.2. The smallest absolute Gasteiger partial charge is 0.263 e. The maximum absolute atomic E-state index is 9.44. The molecule has 37 heavy (non-hydrogen) atoms. The van der Waals surface area contributed by atoms with E-state index in [4.69, 9.17) is 19.1 Å². The number of aryl methyl sites for hydroxylation is 2. The summed E-state index contributed by atoms with van der Waals surface area (Å²) in [6, 6.07) is 29.7. The molecule has 0 spiro atoms. The molecule has 0 bridgehead atoms. The summed E-state index contributed by atoms with van der Waals surface area (Å²) in [5.41, 5.74) is 8.76. The Morgan fingerprint density at radius 1 is 0.595 bits per heavy atom. The minimum atomic E-state index is -5.12. The zero-order chi connectivity index (χ0) is 26.8. The zero-order valence-electron chi connectivity index (χ0n) is 19.7. The molecule has 3 aromatic carbocycles. The van der Waals surface area contributed by atoms with E-state index in [-0.39, 0.29) is 0 Å². The SMILES string of the molecule is Cc1cc(-c2ccccc2)c2ccc3c(-c4ccccc4)cc(C)nc3c2n1.O=S(=O)(O)OS(=O)(=O)O. The molecule has 190 valence electrons. The van der Waals surface area contributed by atoms with Crippen molar-refractivity contribution >= 4 is 42.6 Å². The standard InChI is InChI=1S/C26H20N2.H2O7S2/c1-17-15-23(19-9-5-3-6-10-19)21-13-14-22-24(20-11-7-4-8-12-20)16-18(2)28-26(22)25(21)27-17;1-8(2,3)7-9(4,5)6/h3-16H,1-2H3;(H,1,2,3)(H,4,5,6). The molecular weight excluding hydrogens is 516 g/mol. The molecule has 0 radical (unpaired) electrons. The number of benzene rings is 3. The molecule has 0 amide bonds. The Labute approximate surface area is 214 Å². The van der Waals surface area contributed by atoms with E-state index in [0.29, 0.717) is 0 Å². The van der Waals surface area contributed by atoms with E-state index in [9.17, 15) is 16.8 Å². The van der Waals surface area contributed by atoms with Crippen LogP contribution in [-0.4, -0.2) is 35.9 Å².